The highest BCUT2D eigenvalue weighted by molar-refractivity contribution is 5.92. The SMILES string of the molecule is COc1ccc(Nc2cc(C)nc(N3CCN(C(=O)/C=C/c4ccccc4F)CC3)n2)cc1. The molecular weight excluding hydrogens is 421 g/mol. The first-order valence-corrected chi connectivity index (χ1v) is 10.7. The van der Waals surface area contributed by atoms with Crippen LogP contribution in [0.5, 0.6) is 5.75 Å². The van der Waals surface area contributed by atoms with Crippen LogP contribution in [0.4, 0.5) is 21.8 Å². The number of hydrogen-bond acceptors (Lipinski definition) is 6. The Morgan fingerprint density at radius 3 is 2.48 bits per heavy atom. The summed E-state index contributed by atoms with van der Waals surface area (Å²) in [4.78, 5) is 25.6. The van der Waals surface area contributed by atoms with E-state index in [1.54, 1.807) is 30.2 Å². The molecule has 1 N–H and O–H groups in total. The molecule has 0 atom stereocenters. The molecule has 33 heavy (non-hydrogen) atoms. The van der Waals surface area contributed by atoms with E-state index in [4.69, 9.17) is 4.74 Å². The van der Waals surface area contributed by atoms with Crippen LogP contribution in [0, 0.1) is 12.7 Å². The van der Waals surface area contributed by atoms with Crippen molar-refractivity contribution in [3.05, 3.63) is 77.7 Å². The summed E-state index contributed by atoms with van der Waals surface area (Å²) in [6, 6.07) is 15.9. The third kappa shape index (κ3) is 5.65. The van der Waals surface area contributed by atoms with E-state index >= 15 is 0 Å². The molecule has 8 heteroatoms. The van der Waals surface area contributed by atoms with Gasteiger partial charge in [0.1, 0.15) is 17.4 Å². The normalized spacial score (nSPS) is 13.9. The second-order valence-corrected chi connectivity index (χ2v) is 7.72. The number of nitrogens with one attached hydrogen (secondary N) is 1. The predicted octanol–water partition coefficient (Wildman–Crippen LogP) is 4.04. The van der Waals surface area contributed by atoms with Crippen molar-refractivity contribution in [2.24, 2.45) is 0 Å². The van der Waals surface area contributed by atoms with E-state index in [2.05, 4.69) is 20.2 Å². The number of aryl methyl sites for hydroxylation is 1. The zero-order valence-electron chi connectivity index (χ0n) is 18.7. The molecule has 4 rings (SSSR count). The summed E-state index contributed by atoms with van der Waals surface area (Å²) >= 11 is 0. The first-order valence-electron chi connectivity index (χ1n) is 10.7. The van der Waals surface area contributed by atoms with Gasteiger partial charge in [0.15, 0.2) is 0 Å². The number of amides is 1. The maximum atomic E-state index is 13.8. The summed E-state index contributed by atoms with van der Waals surface area (Å²) in [5.74, 6) is 1.64. The fourth-order valence-corrected chi connectivity index (χ4v) is 3.58. The minimum atomic E-state index is -0.345. The van der Waals surface area contributed by atoms with E-state index < -0.39 is 0 Å². The van der Waals surface area contributed by atoms with Crippen LogP contribution in [0.2, 0.25) is 0 Å². The van der Waals surface area contributed by atoms with Crippen LogP contribution in [-0.2, 0) is 4.79 Å². The largest absolute Gasteiger partial charge is 0.497 e. The van der Waals surface area contributed by atoms with Gasteiger partial charge in [0.2, 0.25) is 11.9 Å². The third-order valence-corrected chi connectivity index (χ3v) is 5.39. The molecule has 170 valence electrons. The zero-order chi connectivity index (χ0) is 23.2. The molecule has 0 bridgehead atoms. The molecular formula is C25H26FN5O2. The molecule has 1 aliphatic rings. The van der Waals surface area contributed by atoms with Crippen molar-refractivity contribution in [1.29, 1.82) is 0 Å². The van der Waals surface area contributed by atoms with Crippen molar-refractivity contribution in [2.45, 2.75) is 6.92 Å². The van der Waals surface area contributed by atoms with Gasteiger partial charge in [-0.15, -0.1) is 0 Å². The fraction of sp³-hybridized carbons (Fsp3) is 0.240. The van der Waals surface area contributed by atoms with Crippen LogP contribution < -0.4 is 15.0 Å². The second-order valence-electron chi connectivity index (χ2n) is 7.72. The molecule has 0 unspecified atom stereocenters. The van der Waals surface area contributed by atoms with Crippen LogP contribution >= 0.6 is 0 Å². The molecule has 7 nitrogen and oxygen atoms in total. The number of ether oxygens (including phenoxy) is 1. The van der Waals surface area contributed by atoms with Gasteiger partial charge in [0, 0.05) is 55.3 Å². The Morgan fingerprint density at radius 1 is 1.06 bits per heavy atom. The summed E-state index contributed by atoms with van der Waals surface area (Å²) in [6.45, 7) is 4.24. The average molecular weight is 448 g/mol. The number of nitrogens with zero attached hydrogens (tertiary/aromatic N) is 4. The molecule has 0 saturated carbocycles. The molecule has 2 aromatic carbocycles. The number of carbonyl (C=O) groups excluding carboxylic acids is 1. The standard InChI is InChI=1S/C25H26FN5O2/c1-18-17-23(28-20-8-10-21(33-2)11-9-20)29-25(27-18)31-15-13-30(14-16-31)24(32)12-7-19-5-3-4-6-22(19)26/h3-12,17H,13-16H2,1-2H3,(H,27,28,29)/b12-7+. The van der Waals surface area contributed by atoms with Crippen LogP contribution in [0.3, 0.4) is 0 Å². The van der Waals surface area contributed by atoms with Gasteiger partial charge in [-0.3, -0.25) is 4.79 Å². The minimum absolute atomic E-state index is 0.134. The minimum Gasteiger partial charge on any atom is -0.497 e. The van der Waals surface area contributed by atoms with Crippen LogP contribution in [0.15, 0.2) is 60.7 Å². The quantitative estimate of drug-likeness (QED) is 0.575. The van der Waals surface area contributed by atoms with Gasteiger partial charge in [-0.05, 0) is 43.3 Å². The maximum Gasteiger partial charge on any atom is 0.246 e. The molecule has 0 radical (unpaired) electrons. The summed E-state index contributed by atoms with van der Waals surface area (Å²) < 4.78 is 18.9. The Bertz CT molecular complexity index is 1140. The third-order valence-electron chi connectivity index (χ3n) is 5.39. The smallest absolute Gasteiger partial charge is 0.246 e. The maximum absolute atomic E-state index is 13.8. The van der Waals surface area contributed by atoms with Gasteiger partial charge < -0.3 is 19.9 Å². The van der Waals surface area contributed by atoms with Crippen molar-refractivity contribution in [3.8, 4) is 5.75 Å². The van der Waals surface area contributed by atoms with Gasteiger partial charge in [0.05, 0.1) is 7.11 Å². The van der Waals surface area contributed by atoms with Crippen molar-refractivity contribution < 1.29 is 13.9 Å². The molecule has 0 spiro atoms. The molecule has 2 heterocycles. The van der Waals surface area contributed by atoms with E-state index in [1.807, 2.05) is 37.3 Å². The summed E-state index contributed by atoms with van der Waals surface area (Å²) in [6.07, 6.45) is 2.94. The topological polar surface area (TPSA) is 70.6 Å². The monoisotopic (exact) mass is 447 g/mol. The van der Waals surface area contributed by atoms with Crippen molar-refractivity contribution in [1.82, 2.24) is 14.9 Å². The fourth-order valence-electron chi connectivity index (χ4n) is 3.58. The van der Waals surface area contributed by atoms with Gasteiger partial charge in [-0.1, -0.05) is 18.2 Å². The number of benzene rings is 2. The number of aromatic nitrogens is 2. The first kappa shape index (κ1) is 22.3. The number of hydrogen-bond donors (Lipinski definition) is 1. The molecule has 1 amide bonds. The van der Waals surface area contributed by atoms with Gasteiger partial charge >= 0.3 is 0 Å². The van der Waals surface area contributed by atoms with E-state index in [0.29, 0.717) is 43.5 Å². The van der Waals surface area contributed by atoms with E-state index in [9.17, 15) is 9.18 Å². The Morgan fingerprint density at radius 2 is 1.79 bits per heavy atom. The lowest BCUT2D eigenvalue weighted by atomic mass is 10.2. The summed E-state index contributed by atoms with van der Waals surface area (Å²) in [5.41, 5.74) is 2.15. The van der Waals surface area contributed by atoms with Crippen LogP contribution in [0.25, 0.3) is 6.08 Å². The lowest BCUT2D eigenvalue weighted by Crippen LogP contribution is -2.48. The van der Waals surface area contributed by atoms with Gasteiger partial charge in [-0.25, -0.2) is 9.37 Å². The van der Waals surface area contributed by atoms with Gasteiger partial charge in [-0.2, -0.15) is 4.98 Å². The Labute approximate surface area is 192 Å². The predicted molar refractivity (Wildman–Crippen MR) is 127 cm³/mol. The van der Waals surface area contributed by atoms with Gasteiger partial charge in [0.25, 0.3) is 0 Å². The molecule has 1 aromatic heterocycles. The van der Waals surface area contributed by atoms with Crippen molar-refractivity contribution in [2.75, 3.05) is 43.5 Å². The number of piperazine rings is 1. The lowest BCUT2D eigenvalue weighted by Gasteiger charge is -2.34. The van der Waals surface area contributed by atoms with Crippen molar-refractivity contribution >= 4 is 29.4 Å². The van der Waals surface area contributed by atoms with Crippen molar-refractivity contribution in [3.63, 3.8) is 0 Å². The molecule has 1 saturated heterocycles. The molecule has 0 aliphatic carbocycles. The van der Waals surface area contributed by atoms with E-state index in [0.717, 1.165) is 17.1 Å². The number of carbonyl (C=O) groups is 1. The molecule has 1 aliphatic heterocycles. The number of methoxy groups -OCH3 is 1. The van der Waals surface area contributed by atoms with E-state index in [1.165, 1.54) is 18.2 Å². The highest BCUT2D eigenvalue weighted by Crippen LogP contribution is 2.21. The summed E-state index contributed by atoms with van der Waals surface area (Å²) in [5, 5.41) is 3.30. The Hall–Kier alpha value is -3.94. The highest BCUT2D eigenvalue weighted by atomic mass is 19.1. The van der Waals surface area contributed by atoms with Crippen LogP contribution in [0.1, 0.15) is 11.3 Å². The Kier molecular flexibility index (Phi) is 6.83. The first-order chi connectivity index (χ1) is 16.0. The Balaban J connectivity index is 1.38. The lowest BCUT2D eigenvalue weighted by molar-refractivity contribution is -0.126. The average Bonchev–Trinajstić information content (AvgIpc) is 2.83. The van der Waals surface area contributed by atoms with Crippen LogP contribution in [-0.4, -0.2) is 54.1 Å². The number of halogens is 1. The van der Waals surface area contributed by atoms with E-state index in [-0.39, 0.29) is 11.7 Å². The molecule has 3 aromatic rings. The zero-order valence-corrected chi connectivity index (χ0v) is 18.7. The number of rotatable bonds is 6. The number of anilines is 3. The highest BCUT2D eigenvalue weighted by Gasteiger charge is 2.22. The summed E-state index contributed by atoms with van der Waals surface area (Å²) in [7, 11) is 1.63. The molecule has 1 fully saturated rings. The second kappa shape index (κ2) is 10.1.